The topological polar surface area (TPSA) is 59.7 Å². The Morgan fingerprint density at radius 1 is 1.50 bits per heavy atom. The molecule has 1 heterocycles. The predicted molar refractivity (Wildman–Crippen MR) is 59.1 cm³/mol. The van der Waals surface area contributed by atoms with Gasteiger partial charge in [-0.25, -0.2) is 0 Å². The molecule has 1 N–H and O–H groups in total. The summed E-state index contributed by atoms with van der Waals surface area (Å²) in [5.74, 6) is -0.400. The van der Waals surface area contributed by atoms with Gasteiger partial charge >= 0.3 is 5.97 Å². The molecular weight excluding hydrogens is 232 g/mol. The zero-order valence-electron chi connectivity index (χ0n) is 8.49. The lowest BCUT2D eigenvalue weighted by Crippen LogP contribution is -2.02. The van der Waals surface area contributed by atoms with Crippen LogP contribution in [-0.4, -0.2) is 18.2 Å². The fourth-order valence-corrected chi connectivity index (χ4v) is 1.77. The van der Waals surface area contributed by atoms with E-state index in [-0.39, 0.29) is 11.6 Å². The smallest absolute Gasteiger partial charge is 0.307 e. The number of hydrogen-bond donors (Lipinski definition) is 1. The van der Waals surface area contributed by atoms with Crippen LogP contribution in [0.2, 0.25) is 5.22 Å². The van der Waals surface area contributed by atoms with Crippen molar-refractivity contribution in [3.63, 3.8) is 0 Å². The third-order valence-electron chi connectivity index (χ3n) is 2.23. The Morgan fingerprint density at radius 2 is 2.25 bits per heavy atom. The van der Waals surface area contributed by atoms with Gasteiger partial charge in [-0.05, 0) is 23.7 Å². The largest absolute Gasteiger partial charge is 0.496 e. The summed E-state index contributed by atoms with van der Waals surface area (Å²) in [6.45, 7) is 0. The minimum absolute atomic E-state index is 0.114. The number of carboxylic acids is 1. The molecule has 0 radical (unpaired) electrons. The Kier molecular flexibility index (Phi) is 2.75. The van der Waals surface area contributed by atoms with Crippen LogP contribution in [0.25, 0.3) is 11.0 Å². The van der Waals surface area contributed by atoms with Gasteiger partial charge in [-0.15, -0.1) is 0 Å². The van der Waals surface area contributed by atoms with Crippen molar-refractivity contribution in [3.8, 4) is 5.75 Å². The van der Waals surface area contributed by atoms with Gasteiger partial charge in [-0.1, -0.05) is 0 Å². The number of furan rings is 1. The minimum Gasteiger partial charge on any atom is -0.496 e. The van der Waals surface area contributed by atoms with Gasteiger partial charge in [-0.2, -0.15) is 0 Å². The Bertz CT molecular complexity index is 544. The first-order chi connectivity index (χ1) is 7.60. The maximum Gasteiger partial charge on any atom is 0.307 e. The molecule has 84 valence electrons. The number of benzene rings is 1. The molecule has 0 bridgehead atoms. The first kappa shape index (κ1) is 10.8. The standard InChI is InChI=1S/C11H9ClO4/c1-15-8-2-6-4-10(12)16-9(6)3-7(8)5-11(13)14/h2-4H,5H2,1H3,(H,13,14). The molecule has 0 saturated heterocycles. The Morgan fingerprint density at radius 3 is 2.88 bits per heavy atom. The summed E-state index contributed by atoms with van der Waals surface area (Å²) in [5, 5.41) is 9.81. The minimum atomic E-state index is -0.921. The maximum atomic E-state index is 10.7. The van der Waals surface area contributed by atoms with Crippen molar-refractivity contribution in [3.05, 3.63) is 29.0 Å². The molecule has 1 aromatic heterocycles. The lowest BCUT2D eigenvalue weighted by Gasteiger charge is -2.05. The van der Waals surface area contributed by atoms with Crippen molar-refractivity contribution in [1.82, 2.24) is 0 Å². The van der Waals surface area contributed by atoms with E-state index in [0.29, 0.717) is 16.9 Å². The van der Waals surface area contributed by atoms with Crippen LogP contribution >= 0.6 is 11.6 Å². The molecule has 1 aromatic carbocycles. The van der Waals surface area contributed by atoms with Crippen LogP contribution in [0.1, 0.15) is 5.56 Å². The Labute approximate surface area is 96.4 Å². The second kappa shape index (κ2) is 4.06. The van der Waals surface area contributed by atoms with Gasteiger partial charge in [0.25, 0.3) is 0 Å². The highest BCUT2D eigenvalue weighted by molar-refractivity contribution is 6.29. The molecule has 0 aliphatic heterocycles. The van der Waals surface area contributed by atoms with Crippen molar-refractivity contribution in [2.75, 3.05) is 7.11 Å². The van der Waals surface area contributed by atoms with Crippen LogP contribution in [0.15, 0.2) is 22.6 Å². The number of halogens is 1. The molecule has 2 aromatic rings. The summed E-state index contributed by atoms with van der Waals surface area (Å²) < 4.78 is 10.3. The van der Waals surface area contributed by atoms with Crippen molar-refractivity contribution < 1.29 is 19.1 Å². The van der Waals surface area contributed by atoms with Gasteiger partial charge < -0.3 is 14.3 Å². The van der Waals surface area contributed by atoms with Crippen LogP contribution in [0.4, 0.5) is 0 Å². The maximum absolute atomic E-state index is 10.7. The van der Waals surface area contributed by atoms with E-state index in [1.54, 1.807) is 18.2 Å². The molecule has 16 heavy (non-hydrogen) atoms. The fourth-order valence-electron chi connectivity index (χ4n) is 1.57. The van der Waals surface area contributed by atoms with Crippen LogP contribution in [-0.2, 0) is 11.2 Å². The second-order valence-electron chi connectivity index (χ2n) is 3.32. The number of aliphatic carboxylic acids is 1. The molecule has 2 rings (SSSR count). The van der Waals surface area contributed by atoms with E-state index in [4.69, 9.17) is 25.9 Å². The molecular formula is C11H9ClO4. The number of carbonyl (C=O) groups is 1. The van der Waals surface area contributed by atoms with Crippen molar-refractivity contribution in [2.24, 2.45) is 0 Å². The SMILES string of the molecule is COc1cc2cc(Cl)oc2cc1CC(=O)O. The fraction of sp³-hybridized carbons (Fsp3) is 0.182. The molecule has 0 aliphatic rings. The zero-order valence-corrected chi connectivity index (χ0v) is 9.25. The highest BCUT2D eigenvalue weighted by Gasteiger charge is 2.11. The van der Waals surface area contributed by atoms with E-state index < -0.39 is 5.97 Å². The Balaban J connectivity index is 2.57. The van der Waals surface area contributed by atoms with Gasteiger partial charge in [0.15, 0.2) is 5.22 Å². The normalized spacial score (nSPS) is 10.6. The van der Waals surface area contributed by atoms with E-state index >= 15 is 0 Å². The molecule has 4 nitrogen and oxygen atoms in total. The van der Waals surface area contributed by atoms with Gasteiger partial charge in [0.05, 0.1) is 13.5 Å². The average Bonchev–Trinajstić information content (AvgIpc) is 2.55. The quantitative estimate of drug-likeness (QED) is 0.896. The first-order valence-electron chi connectivity index (χ1n) is 4.58. The lowest BCUT2D eigenvalue weighted by molar-refractivity contribution is -0.136. The first-order valence-corrected chi connectivity index (χ1v) is 4.95. The van der Waals surface area contributed by atoms with E-state index in [2.05, 4.69) is 0 Å². The van der Waals surface area contributed by atoms with Gasteiger partial charge in [0.2, 0.25) is 0 Å². The van der Waals surface area contributed by atoms with Crippen molar-refractivity contribution in [2.45, 2.75) is 6.42 Å². The molecule has 0 fully saturated rings. The summed E-state index contributed by atoms with van der Waals surface area (Å²) in [7, 11) is 1.49. The summed E-state index contributed by atoms with van der Waals surface area (Å²) >= 11 is 5.71. The number of fused-ring (bicyclic) bond motifs is 1. The van der Waals surface area contributed by atoms with Crippen molar-refractivity contribution in [1.29, 1.82) is 0 Å². The summed E-state index contributed by atoms with van der Waals surface area (Å²) in [6, 6.07) is 5.00. The van der Waals surface area contributed by atoms with E-state index in [1.165, 1.54) is 7.11 Å². The zero-order chi connectivity index (χ0) is 11.7. The monoisotopic (exact) mass is 240 g/mol. The number of ether oxygens (including phenoxy) is 1. The van der Waals surface area contributed by atoms with Crippen LogP contribution < -0.4 is 4.74 Å². The molecule has 0 amide bonds. The van der Waals surface area contributed by atoms with Gasteiger partial charge in [0.1, 0.15) is 11.3 Å². The highest BCUT2D eigenvalue weighted by atomic mass is 35.5. The second-order valence-corrected chi connectivity index (χ2v) is 3.70. The molecule has 0 aliphatic carbocycles. The van der Waals surface area contributed by atoms with Crippen LogP contribution in [0, 0.1) is 0 Å². The summed E-state index contributed by atoms with van der Waals surface area (Å²) in [6.07, 6.45) is -0.114. The molecule has 0 atom stereocenters. The number of rotatable bonds is 3. The lowest BCUT2D eigenvalue weighted by atomic mass is 10.1. The van der Waals surface area contributed by atoms with Crippen LogP contribution in [0.5, 0.6) is 5.75 Å². The summed E-state index contributed by atoms with van der Waals surface area (Å²) in [5.41, 5.74) is 1.12. The predicted octanol–water partition coefficient (Wildman–Crippen LogP) is 2.72. The van der Waals surface area contributed by atoms with E-state index in [1.807, 2.05) is 0 Å². The molecule has 0 unspecified atom stereocenters. The number of methoxy groups -OCH3 is 1. The van der Waals surface area contributed by atoms with E-state index in [9.17, 15) is 4.79 Å². The van der Waals surface area contributed by atoms with Crippen LogP contribution in [0.3, 0.4) is 0 Å². The van der Waals surface area contributed by atoms with E-state index in [0.717, 1.165) is 5.39 Å². The third kappa shape index (κ3) is 1.97. The molecule has 0 spiro atoms. The summed E-state index contributed by atoms with van der Waals surface area (Å²) in [4.78, 5) is 10.7. The molecule has 5 heteroatoms. The van der Waals surface area contributed by atoms with Gasteiger partial charge in [-0.3, -0.25) is 4.79 Å². The number of hydrogen-bond acceptors (Lipinski definition) is 3. The number of carboxylic acid groups (broad SMARTS) is 1. The average molecular weight is 241 g/mol. The molecule has 0 saturated carbocycles. The van der Waals surface area contributed by atoms with Crippen molar-refractivity contribution >= 4 is 28.5 Å². The van der Waals surface area contributed by atoms with Gasteiger partial charge in [0, 0.05) is 17.0 Å². The Hall–Kier alpha value is -1.68. The third-order valence-corrected chi connectivity index (χ3v) is 2.42. The highest BCUT2D eigenvalue weighted by Crippen LogP contribution is 2.30.